The molecule has 0 aliphatic carbocycles. The number of rotatable bonds is 2. The summed E-state index contributed by atoms with van der Waals surface area (Å²) >= 11 is 23.3. The number of amides is 1. The maximum Gasteiger partial charge on any atom is 0.258 e. The minimum Gasteiger partial charge on any atom is -0.367 e. The van der Waals surface area contributed by atoms with Crippen molar-refractivity contribution in [1.82, 2.24) is 0 Å². The lowest BCUT2D eigenvalue weighted by atomic mass is 9.99. The Morgan fingerprint density at radius 2 is 1.88 bits per heavy atom. The summed E-state index contributed by atoms with van der Waals surface area (Å²) in [5, 5.41) is 0.541. The first-order valence-corrected chi connectivity index (χ1v) is 5.74. The molecule has 2 unspecified atom stereocenters. The molecular weight excluding hydrogens is 296 g/mol. The average Bonchev–Trinajstić information content (AvgIpc) is 2.88. The molecule has 0 spiro atoms. The molecule has 2 atom stereocenters. The molecule has 1 aliphatic rings. The molecule has 0 radical (unpaired) electrons. The van der Waals surface area contributed by atoms with E-state index in [9.17, 15) is 4.79 Å². The van der Waals surface area contributed by atoms with Crippen LogP contribution in [0.1, 0.15) is 5.56 Å². The van der Waals surface area contributed by atoms with Gasteiger partial charge in [0.25, 0.3) is 5.91 Å². The number of ether oxygens (including phenoxy) is 1. The van der Waals surface area contributed by atoms with E-state index in [0.717, 1.165) is 0 Å². The number of hydrogen-bond acceptors (Lipinski definition) is 2. The van der Waals surface area contributed by atoms with Gasteiger partial charge in [-0.2, -0.15) is 0 Å². The van der Waals surface area contributed by atoms with Crippen molar-refractivity contribution in [2.24, 2.45) is 5.73 Å². The van der Waals surface area contributed by atoms with Gasteiger partial charge < -0.3 is 10.5 Å². The number of halogens is 4. The second-order valence-corrected chi connectivity index (χ2v) is 4.82. The molecule has 16 heavy (non-hydrogen) atoms. The number of hydrogen-bond donors (Lipinski definition) is 1. The fourth-order valence-corrected chi connectivity index (χ4v) is 2.47. The van der Waals surface area contributed by atoms with E-state index in [1.807, 2.05) is 0 Å². The first-order valence-electron chi connectivity index (χ1n) is 4.17. The largest absolute Gasteiger partial charge is 0.367 e. The summed E-state index contributed by atoms with van der Waals surface area (Å²) in [5.41, 5.74) is 3.33. The summed E-state index contributed by atoms with van der Waals surface area (Å²) in [6.07, 6.45) is 0. The first-order chi connectivity index (χ1) is 7.41. The summed E-state index contributed by atoms with van der Waals surface area (Å²) in [5.74, 6) is -0.715. The molecule has 1 aromatic rings. The summed E-state index contributed by atoms with van der Waals surface area (Å²) in [4.78, 5) is 11.3. The van der Waals surface area contributed by atoms with Crippen molar-refractivity contribution in [3.8, 4) is 0 Å². The van der Waals surface area contributed by atoms with Crippen LogP contribution in [0.25, 0.3) is 0 Å². The van der Waals surface area contributed by atoms with E-state index in [4.69, 9.17) is 56.9 Å². The summed E-state index contributed by atoms with van der Waals surface area (Å²) in [6.45, 7) is 0. The van der Waals surface area contributed by atoms with Crippen LogP contribution in [-0.2, 0) is 15.1 Å². The Kier molecular flexibility index (Phi) is 3.01. The normalized spacial score (nSPS) is 27.9. The van der Waals surface area contributed by atoms with Crippen molar-refractivity contribution in [3.05, 3.63) is 32.8 Å². The van der Waals surface area contributed by atoms with Gasteiger partial charge in [0.05, 0.1) is 15.1 Å². The minimum atomic E-state index is -1.40. The molecular formula is C9H5Cl4NO2. The molecule has 1 fully saturated rings. The van der Waals surface area contributed by atoms with Gasteiger partial charge >= 0.3 is 0 Å². The standard InChI is InChI=1S/C9H5Cl4NO2/c10-4-2-1-3(5(11)6(4)12)9(8(14)15)7(13)16-9/h1-2,7H,(H2,14,15). The molecule has 3 nitrogen and oxygen atoms in total. The Hall–Kier alpha value is -0.190. The van der Waals surface area contributed by atoms with Gasteiger partial charge in [0, 0.05) is 5.56 Å². The number of alkyl halides is 1. The lowest BCUT2D eigenvalue weighted by molar-refractivity contribution is -0.123. The van der Waals surface area contributed by atoms with E-state index in [-0.39, 0.29) is 15.1 Å². The molecule has 1 heterocycles. The number of carbonyl (C=O) groups excluding carboxylic acids is 1. The lowest BCUT2D eigenvalue weighted by Gasteiger charge is -2.11. The highest BCUT2D eigenvalue weighted by Crippen LogP contribution is 2.52. The number of primary amides is 1. The highest BCUT2D eigenvalue weighted by molar-refractivity contribution is 6.48. The van der Waals surface area contributed by atoms with Crippen molar-refractivity contribution in [2.75, 3.05) is 0 Å². The van der Waals surface area contributed by atoms with Gasteiger partial charge in [0.1, 0.15) is 0 Å². The molecule has 2 N–H and O–H groups in total. The third kappa shape index (κ3) is 1.59. The smallest absolute Gasteiger partial charge is 0.258 e. The van der Waals surface area contributed by atoms with Crippen LogP contribution in [0.5, 0.6) is 0 Å². The Morgan fingerprint density at radius 3 is 2.31 bits per heavy atom. The number of carbonyl (C=O) groups is 1. The molecule has 1 saturated heterocycles. The first kappa shape index (κ1) is 12.3. The fourth-order valence-electron chi connectivity index (χ4n) is 1.43. The molecule has 86 valence electrons. The van der Waals surface area contributed by atoms with Crippen molar-refractivity contribution < 1.29 is 9.53 Å². The zero-order valence-corrected chi connectivity index (χ0v) is 10.7. The molecule has 2 rings (SSSR count). The quantitative estimate of drug-likeness (QED) is 0.519. The van der Waals surface area contributed by atoms with Crippen LogP contribution in [0.4, 0.5) is 0 Å². The molecule has 0 aromatic heterocycles. The van der Waals surface area contributed by atoms with Gasteiger partial charge in [-0.3, -0.25) is 4.79 Å². The Morgan fingerprint density at radius 1 is 1.31 bits per heavy atom. The zero-order chi connectivity index (χ0) is 12.1. The SMILES string of the molecule is NC(=O)C1(c2ccc(Cl)c(Cl)c2Cl)OC1Cl. The van der Waals surface area contributed by atoms with E-state index in [1.54, 1.807) is 0 Å². The predicted octanol–water partition coefficient (Wildman–Crippen LogP) is 2.92. The maximum atomic E-state index is 11.3. The van der Waals surface area contributed by atoms with Crippen LogP contribution in [0.3, 0.4) is 0 Å². The fraction of sp³-hybridized carbons (Fsp3) is 0.222. The van der Waals surface area contributed by atoms with Gasteiger partial charge in [0.2, 0.25) is 5.60 Å². The van der Waals surface area contributed by atoms with Crippen LogP contribution in [-0.4, -0.2) is 11.5 Å². The highest BCUT2D eigenvalue weighted by atomic mass is 35.5. The van der Waals surface area contributed by atoms with Crippen molar-refractivity contribution >= 4 is 52.3 Å². The van der Waals surface area contributed by atoms with Gasteiger partial charge in [-0.1, -0.05) is 52.5 Å². The number of nitrogens with two attached hydrogens (primary N) is 1. The molecule has 1 aromatic carbocycles. The van der Waals surface area contributed by atoms with Crippen molar-refractivity contribution in [2.45, 2.75) is 11.2 Å². The van der Waals surface area contributed by atoms with Crippen molar-refractivity contribution in [3.63, 3.8) is 0 Å². The van der Waals surface area contributed by atoms with Gasteiger partial charge in [-0.15, -0.1) is 0 Å². The summed E-state index contributed by atoms with van der Waals surface area (Å²) in [6, 6.07) is 3.02. The van der Waals surface area contributed by atoms with Crippen LogP contribution in [0, 0.1) is 0 Å². The third-order valence-electron chi connectivity index (χ3n) is 2.35. The predicted molar refractivity (Wildman–Crippen MR) is 63.1 cm³/mol. The van der Waals surface area contributed by atoms with E-state index < -0.39 is 17.1 Å². The van der Waals surface area contributed by atoms with Crippen molar-refractivity contribution in [1.29, 1.82) is 0 Å². The Bertz CT molecular complexity index is 479. The molecule has 1 aliphatic heterocycles. The average molecular weight is 301 g/mol. The van der Waals surface area contributed by atoms with Crippen LogP contribution >= 0.6 is 46.4 Å². The van der Waals surface area contributed by atoms with Gasteiger partial charge in [0.15, 0.2) is 5.56 Å². The van der Waals surface area contributed by atoms with Crippen LogP contribution in [0.2, 0.25) is 15.1 Å². The van der Waals surface area contributed by atoms with Crippen LogP contribution in [0.15, 0.2) is 12.1 Å². The molecule has 1 amide bonds. The maximum absolute atomic E-state index is 11.3. The third-order valence-corrected chi connectivity index (χ3v) is 4.04. The summed E-state index contributed by atoms with van der Waals surface area (Å²) in [7, 11) is 0. The minimum absolute atomic E-state index is 0.121. The van der Waals surface area contributed by atoms with E-state index >= 15 is 0 Å². The highest BCUT2D eigenvalue weighted by Gasteiger charge is 2.63. The Labute approximate surface area is 111 Å². The zero-order valence-electron chi connectivity index (χ0n) is 7.64. The number of epoxide rings is 1. The van der Waals surface area contributed by atoms with Crippen LogP contribution < -0.4 is 5.73 Å². The van der Waals surface area contributed by atoms with E-state index in [2.05, 4.69) is 0 Å². The summed E-state index contributed by atoms with van der Waals surface area (Å²) < 4.78 is 5.03. The number of benzene rings is 1. The monoisotopic (exact) mass is 299 g/mol. The van der Waals surface area contributed by atoms with Gasteiger partial charge in [-0.05, 0) is 6.07 Å². The molecule has 7 heteroatoms. The van der Waals surface area contributed by atoms with Gasteiger partial charge in [-0.25, -0.2) is 0 Å². The van der Waals surface area contributed by atoms with E-state index in [1.165, 1.54) is 12.1 Å². The second kappa shape index (κ2) is 3.93. The topological polar surface area (TPSA) is 55.6 Å². The molecule has 0 saturated carbocycles. The molecule has 0 bridgehead atoms. The van der Waals surface area contributed by atoms with E-state index in [0.29, 0.717) is 5.56 Å². The Balaban J connectivity index is 2.58. The lowest BCUT2D eigenvalue weighted by Crippen LogP contribution is -2.31. The second-order valence-electron chi connectivity index (χ2n) is 3.26.